The molecule has 0 radical (unpaired) electrons. The van der Waals surface area contributed by atoms with Gasteiger partial charge in [-0.15, -0.1) is 0 Å². The maximum Gasteiger partial charge on any atom is 0.228 e. The lowest BCUT2D eigenvalue weighted by Crippen LogP contribution is -2.43. The summed E-state index contributed by atoms with van der Waals surface area (Å²) in [5, 5.41) is 0.709. The predicted octanol–water partition coefficient (Wildman–Crippen LogP) is 4.49. The largest absolute Gasteiger partial charge is 0.341 e. The van der Waals surface area contributed by atoms with E-state index in [1.807, 2.05) is 36.2 Å². The average molecular weight is 328 g/mol. The van der Waals surface area contributed by atoms with E-state index in [-0.39, 0.29) is 11.3 Å². The third-order valence-electron chi connectivity index (χ3n) is 4.82. The fourth-order valence-corrected chi connectivity index (χ4v) is 3.73. The fourth-order valence-electron chi connectivity index (χ4n) is 3.52. The van der Waals surface area contributed by atoms with Gasteiger partial charge in [-0.2, -0.15) is 0 Å². The van der Waals surface area contributed by atoms with Crippen molar-refractivity contribution >= 4 is 17.5 Å². The van der Waals surface area contributed by atoms with Crippen molar-refractivity contribution in [1.82, 2.24) is 4.90 Å². The van der Waals surface area contributed by atoms with Crippen molar-refractivity contribution in [2.45, 2.75) is 32.7 Å². The van der Waals surface area contributed by atoms with Crippen LogP contribution in [0.5, 0.6) is 0 Å². The number of amides is 1. The lowest BCUT2D eigenvalue weighted by molar-refractivity contribution is -0.141. The van der Waals surface area contributed by atoms with Crippen LogP contribution in [0.25, 0.3) is 0 Å². The van der Waals surface area contributed by atoms with Crippen LogP contribution in [0, 0.1) is 5.41 Å². The molecule has 0 saturated heterocycles. The molecule has 0 aromatic heterocycles. The highest BCUT2D eigenvalue weighted by molar-refractivity contribution is 6.30. The number of carbonyl (C=O) groups excluding carboxylic acids is 1. The number of halogens is 1. The lowest BCUT2D eigenvalue weighted by Gasteiger charge is -2.36. The Morgan fingerprint density at radius 1 is 1.17 bits per heavy atom. The normalized spacial score (nSPS) is 20.0. The van der Waals surface area contributed by atoms with Gasteiger partial charge in [0.2, 0.25) is 5.91 Å². The summed E-state index contributed by atoms with van der Waals surface area (Å²) in [6.45, 7) is 2.69. The minimum atomic E-state index is -0.318. The Hall–Kier alpha value is -1.80. The number of aryl methyl sites for hydroxylation is 1. The first-order valence-electron chi connectivity index (χ1n) is 8.05. The van der Waals surface area contributed by atoms with Gasteiger partial charge in [-0.3, -0.25) is 4.79 Å². The number of nitrogens with zero attached hydrogens (tertiary/aromatic N) is 1. The molecule has 0 aliphatic heterocycles. The Labute approximate surface area is 143 Å². The van der Waals surface area contributed by atoms with Gasteiger partial charge in [-0.05, 0) is 48.1 Å². The van der Waals surface area contributed by atoms with E-state index in [1.54, 1.807) is 0 Å². The smallest absolute Gasteiger partial charge is 0.228 e. The second-order valence-corrected chi connectivity index (χ2v) is 7.23. The number of benzene rings is 2. The quantitative estimate of drug-likeness (QED) is 0.813. The summed E-state index contributed by atoms with van der Waals surface area (Å²) >= 11 is 6.04. The highest BCUT2D eigenvalue weighted by atomic mass is 35.5. The van der Waals surface area contributed by atoms with Gasteiger partial charge in [-0.25, -0.2) is 0 Å². The van der Waals surface area contributed by atoms with Crippen LogP contribution in [0.1, 0.15) is 30.0 Å². The molecule has 1 amide bonds. The van der Waals surface area contributed by atoms with Crippen LogP contribution in [-0.2, 0) is 24.2 Å². The molecule has 0 fully saturated rings. The van der Waals surface area contributed by atoms with Gasteiger partial charge >= 0.3 is 0 Å². The van der Waals surface area contributed by atoms with Crippen molar-refractivity contribution in [1.29, 1.82) is 0 Å². The van der Waals surface area contributed by atoms with Crippen LogP contribution in [0.2, 0.25) is 5.02 Å². The molecule has 0 bridgehead atoms. The van der Waals surface area contributed by atoms with Crippen molar-refractivity contribution in [2.75, 3.05) is 7.05 Å². The molecule has 0 spiro atoms. The highest BCUT2D eigenvalue weighted by Gasteiger charge is 2.38. The zero-order valence-corrected chi connectivity index (χ0v) is 14.4. The molecule has 2 nitrogen and oxygen atoms in total. The van der Waals surface area contributed by atoms with Crippen molar-refractivity contribution in [3.8, 4) is 0 Å². The standard InChI is InChI=1S/C20H22ClNO/c1-20(11-10-16-7-3-4-8-17(16)13-20)19(23)22(2)14-15-6-5-9-18(21)12-15/h3-9,12H,10-11,13-14H2,1-2H3/t20-/m0/s1. The second kappa shape index (κ2) is 6.37. The Balaban J connectivity index is 1.74. The fraction of sp³-hybridized carbons (Fsp3) is 0.350. The number of carbonyl (C=O) groups is 1. The molecule has 0 heterocycles. The van der Waals surface area contributed by atoms with Crippen LogP contribution >= 0.6 is 11.6 Å². The summed E-state index contributed by atoms with van der Waals surface area (Å²) in [5.41, 5.74) is 3.44. The minimum absolute atomic E-state index is 0.215. The van der Waals surface area contributed by atoms with E-state index in [1.165, 1.54) is 11.1 Å². The number of hydrogen-bond acceptors (Lipinski definition) is 1. The van der Waals surface area contributed by atoms with Crippen molar-refractivity contribution in [2.24, 2.45) is 5.41 Å². The first-order valence-corrected chi connectivity index (χ1v) is 8.42. The molecular weight excluding hydrogens is 306 g/mol. The molecule has 3 rings (SSSR count). The van der Waals surface area contributed by atoms with Crippen LogP contribution < -0.4 is 0 Å². The van der Waals surface area contributed by atoms with E-state index in [0.29, 0.717) is 11.6 Å². The second-order valence-electron chi connectivity index (χ2n) is 6.80. The summed E-state index contributed by atoms with van der Waals surface area (Å²) in [4.78, 5) is 14.8. The Kier molecular flexibility index (Phi) is 4.45. The molecule has 0 N–H and O–H groups in total. The predicted molar refractivity (Wildman–Crippen MR) is 94.5 cm³/mol. The summed E-state index contributed by atoms with van der Waals surface area (Å²) in [6, 6.07) is 16.2. The number of fused-ring (bicyclic) bond motifs is 1. The van der Waals surface area contributed by atoms with Crippen molar-refractivity contribution in [3.05, 3.63) is 70.2 Å². The van der Waals surface area contributed by atoms with Gasteiger partial charge in [0, 0.05) is 18.6 Å². The summed E-state index contributed by atoms with van der Waals surface area (Å²) in [6.07, 6.45) is 2.70. The molecule has 2 aromatic rings. The monoisotopic (exact) mass is 327 g/mol. The molecule has 0 unspecified atom stereocenters. The maximum absolute atomic E-state index is 13.0. The van der Waals surface area contributed by atoms with Crippen LogP contribution in [0.15, 0.2) is 48.5 Å². The van der Waals surface area contributed by atoms with Gasteiger partial charge in [0.15, 0.2) is 0 Å². The number of hydrogen-bond donors (Lipinski definition) is 0. The summed E-state index contributed by atoms with van der Waals surface area (Å²) < 4.78 is 0. The van der Waals surface area contributed by atoms with Crippen molar-refractivity contribution < 1.29 is 4.79 Å². The van der Waals surface area contributed by atoms with Crippen LogP contribution in [0.4, 0.5) is 0 Å². The van der Waals surface area contributed by atoms with Gasteiger partial charge in [-0.1, -0.05) is 54.9 Å². The van der Waals surface area contributed by atoms with E-state index >= 15 is 0 Å². The average Bonchev–Trinajstić information content (AvgIpc) is 2.54. The molecule has 1 aliphatic rings. The zero-order valence-electron chi connectivity index (χ0n) is 13.7. The molecule has 2 aromatic carbocycles. The molecule has 23 heavy (non-hydrogen) atoms. The SMILES string of the molecule is CN(Cc1cccc(Cl)c1)C(=O)[C@@]1(C)CCc2ccccc2C1. The van der Waals surface area contributed by atoms with E-state index in [4.69, 9.17) is 11.6 Å². The van der Waals surface area contributed by atoms with Gasteiger partial charge in [0.25, 0.3) is 0 Å². The first kappa shape index (κ1) is 16.1. The topological polar surface area (TPSA) is 20.3 Å². The molecule has 3 heteroatoms. The van der Waals surface area contributed by atoms with Gasteiger partial charge in [0.1, 0.15) is 0 Å². The van der Waals surface area contributed by atoms with Gasteiger partial charge in [0.05, 0.1) is 5.41 Å². The Morgan fingerprint density at radius 2 is 1.91 bits per heavy atom. The molecular formula is C20H22ClNO. The summed E-state index contributed by atoms with van der Waals surface area (Å²) in [5.74, 6) is 0.215. The van der Waals surface area contributed by atoms with E-state index in [0.717, 1.165) is 24.8 Å². The lowest BCUT2D eigenvalue weighted by atomic mass is 9.72. The third-order valence-corrected chi connectivity index (χ3v) is 5.05. The first-order chi connectivity index (χ1) is 11.0. The van der Waals surface area contributed by atoms with Crippen LogP contribution in [0.3, 0.4) is 0 Å². The number of rotatable bonds is 3. The maximum atomic E-state index is 13.0. The third kappa shape index (κ3) is 3.42. The molecule has 0 saturated carbocycles. The molecule has 120 valence electrons. The summed E-state index contributed by atoms with van der Waals surface area (Å²) in [7, 11) is 1.88. The van der Waals surface area contributed by atoms with Crippen LogP contribution in [-0.4, -0.2) is 17.9 Å². The van der Waals surface area contributed by atoms with E-state index in [2.05, 4.69) is 31.2 Å². The Bertz CT molecular complexity index is 727. The highest BCUT2D eigenvalue weighted by Crippen LogP contribution is 2.36. The minimum Gasteiger partial charge on any atom is -0.341 e. The molecule has 1 aliphatic carbocycles. The van der Waals surface area contributed by atoms with Gasteiger partial charge < -0.3 is 4.90 Å². The molecule has 1 atom stereocenters. The Morgan fingerprint density at radius 3 is 2.65 bits per heavy atom. The van der Waals surface area contributed by atoms with Crippen molar-refractivity contribution in [3.63, 3.8) is 0 Å². The van der Waals surface area contributed by atoms with E-state index < -0.39 is 0 Å². The zero-order chi connectivity index (χ0) is 16.4. The van der Waals surface area contributed by atoms with E-state index in [9.17, 15) is 4.79 Å².